The lowest BCUT2D eigenvalue weighted by molar-refractivity contribution is -0.385. The molecule has 0 radical (unpaired) electrons. The van der Waals surface area contributed by atoms with Crippen molar-refractivity contribution in [1.29, 1.82) is 0 Å². The van der Waals surface area contributed by atoms with Crippen LogP contribution in [-0.2, 0) is 5.75 Å². The fourth-order valence-electron chi connectivity index (χ4n) is 1.96. The second-order valence-corrected chi connectivity index (χ2v) is 5.45. The summed E-state index contributed by atoms with van der Waals surface area (Å²) in [7, 11) is 0. The van der Waals surface area contributed by atoms with Gasteiger partial charge in [0.2, 0.25) is 0 Å². The third-order valence-corrected chi connectivity index (χ3v) is 3.92. The van der Waals surface area contributed by atoms with Crippen molar-refractivity contribution in [3.63, 3.8) is 0 Å². The van der Waals surface area contributed by atoms with Crippen LogP contribution in [0, 0.1) is 15.9 Å². The maximum Gasteiger partial charge on any atom is 0.277 e. The lowest BCUT2D eigenvalue weighted by atomic mass is 10.2. The number of nitro groups is 1. The van der Waals surface area contributed by atoms with Crippen molar-refractivity contribution in [2.75, 3.05) is 0 Å². The molecule has 0 N–H and O–H groups in total. The SMILES string of the molecule is O=[N+]([O-])c1ccccc1CSc1nnc(-c2ccccc2F)o1. The van der Waals surface area contributed by atoms with Gasteiger partial charge in [0.25, 0.3) is 16.8 Å². The quantitative estimate of drug-likeness (QED) is 0.398. The van der Waals surface area contributed by atoms with Gasteiger partial charge in [0, 0.05) is 17.4 Å². The smallest absolute Gasteiger partial charge is 0.277 e. The molecule has 8 heteroatoms. The molecule has 0 spiro atoms. The summed E-state index contributed by atoms with van der Waals surface area (Å²) in [6.07, 6.45) is 0. The van der Waals surface area contributed by atoms with Crippen molar-refractivity contribution in [1.82, 2.24) is 10.2 Å². The van der Waals surface area contributed by atoms with E-state index in [0.29, 0.717) is 11.3 Å². The maximum absolute atomic E-state index is 13.7. The molecule has 0 aliphatic heterocycles. The fourth-order valence-corrected chi connectivity index (χ4v) is 2.72. The normalized spacial score (nSPS) is 10.7. The number of thioether (sulfide) groups is 1. The number of rotatable bonds is 5. The van der Waals surface area contributed by atoms with Crippen LogP contribution in [0.2, 0.25) is 0 Å². The second-order valence-electron chi connectivity index (χ2n) is 4.53. The van der Waals surface area contributed by atoms with E-state index in [1.54, 1.807) is 36.4 Å². The number of hydrogen-bond acceptors (Lipinski definition) is 6. The first-order valence-corrected chi connectivity index (χ1v) is 7.57. The Morgan fingerprint density at radius 2 is 1.87 bits per heavy atom. The molecule has 3 rings (SSSR count). The topological polar surface area (TPSA) is 82.1 Å². The third kappa shape index (κ3) is 3.37. The van der Waals surface area contributed by atoms with E-state index >= 15 is 0 Å². The summed E-state index contributed by atoms with van der Waals surface area (Å²) in [4.78, 5) is 10.5. The molecule has 0 saturated heterocycles. The van der Waals surface area contributed by atoms with Crippen molar-refractivity contribution < 1.29 is 13.7 Å². The van der Waals surface area contributed by atoms with E-state index in [1.807, 2.05) is 0 Å². The van der Waals surface area contributed by atoms with E-state index in [2.05, 4.69) is 10.2 Å². The van der Waals surface area contributed by atoms with Gasteiger partial charge in [-0.2, -0.15) is 0 Å². The maximum atomic E-state index is 13.7. The van der Waals surface area contributed by atoms with E-state index in [0.717, 1.165) is 11.8 Å². The van der Waals surface area contributed by atoms with E-state index in [1.165, 1.54) is 12.1 Å². The zero-order chi connectivity index (χ0) is 16.2. The summed E-state index contributed by atoms with van der Waals surface area (Å²) < 4.78 is 19.1. The number of benzene rings is 2. The van der Waals surface area contributed by atoms with Crippen LogP contribution in [0.15, 0.2) is 58.2 Å². The molecule has 1 heterocycles. The highest BCUT2D eigenvalue weighted by Crippen LogP contribution is 2.29. The molecule has 0 atom stereocenters. The van der Waals surface area contributed by atoms with Gasteiger partial charge in [-0.05, 0) is 12.1 Å². The first kappa shape index (κ1) is 15.2. The second kappa shape index (κ2) is 6.57. The average molecular weight is 331 g/mol. The van der Waals surface area contributed by atoms with Crippen LogP contribution in [0.4, 0.5) is 10.1 Å². The lowest BCUT2D eigenvalue weighted by Gasteiger charge is -2.00. The molecule has 6 nitrogen and oxygen atoms in total. The zero-order valence-corrected chi connectivity index (χ0v) is 12.5. The number of para-hydroxylation sites is 1. The van der Waals surface area contributed by atoms with Gasteiger partial charge < -0.3 is 4.42 Å². The Morgan fingerprint density at radius 1 is 1.13 bits per heavy atom. The lowest BCUT2D eigenvalue weighted by Crippen LogP contribution is -1.93. The zero-order valence-electron chi connectivity index (χ0n) is 11.7. The van der Waals surface area contributed by atoms with E-state index in [-0.39, 0.29) is 22.4 Å². The number of hydrogen-bond donors (Lipinski definition) is 0. The van der Waals surface area contributed by atoms with Gasteiger partial charge >= 0.3 is 0 Å². The van der Waals surface area contributed by atoms with Crippen molar-refractivity contribution in [2.45, 2.75) is 11.0 Å². The summed E-state index contributed by atoms with van der Waals surface area (Å²) in [5.74, 6) is -0.0738. The highest BCUT2D eigenvalue weighted by atomic mass is 32.2. The van der Waals surface area contributed by atoms with Gasteiger partial charge in [-0.25, -0.2) is 4.39 Å². The minimum absolute atomic E-state index is 0.0360. The van der Waals surface area contributed by atoms with Crippen LogP contribution in [-0.4, -0.2) is 15.1 Å². The molecule has 0 aliphatic carbocycles. The van der Waals surface area contributed by atoms with Crippen LogP contribution in [0.3, 0.4) is 0 Å². The minimum Gasteiger partial charge on any atom is -0.411 e. The van der Waals surface area contributed by atoms with Crippen LogP contribution in [0.5, 0.6) is 0 Å². The van der Waals surface area contributed by atoms with Gasteiger partial charge in [-0.3, -0.25) is 10.1 Å². The molecule has 0 bridgehead atoms. The molecule has 0 aliphatic rings. The van der Waals surface area contributed by atoms with Crippen LogP contribution >= 0.6 is 11.8 Å². The number of halogens is 1. The first-order valence-electron chi connectivity index (χ1n) is 6.58. The summed E-state index contributed by atoms with van der Waals surface area (Å²) in [6, 6.07) is 12.5. The molecule has 116 valence electrons. The average Bonchev–Trinajstić information content (AvgIpc) is 3.02. The van der Waals surface area contributed by atoms with Crippen LogP contribution in [0.1, 0.15) is 5.56 Å². The van der Waals surface area contributed by atoms with Gasteiger partial charge in [-0.1, -0.05) is 42.1 Å². The molecule has 0 fully saturated rings. The van der Waals surface area contributed by atoms with Crippen molar-refractivity contribution in [3.8, 4) is 11.5 Å². The van der Waals surface area contributed by atoms with Gasteiger partial charge in [0.1, 0.15) is 5.82 Å². The Balaban J connectivity index is 1.76. The van der Waals surface area contributed by atoms with Gasteiger partial charge in [0.05, 0.1) is 10.5 Å². The van der Waals surface area contributed by atoms with E-state index < -0.39 is 10.7 Å². The van der Waals surface area contributed by atoms with Crippen molar-refractivity contribution in [2.24, 2.45) is 0 Å². The molecular weight excluding hydrogens is 321 g/mol. The third-order valence-electron chi connectivity index (χ3n) is 3.05. The summed E-state index contributed by atoms with van der Waals surface area (Å²) >= 11 is 1.16. The Kier molecular flexibility index (Phi) is 4.33. The Morgan fingerprint density at radius 3 is 2.65 bits per heavy atom. The highest BCUT2D eigenvalue weighted by molar-refractivity contribution is 7.98. The largest absolute Gasteiger partial charge is 0.411 e. The highest BCUT2D eigenvalue weighted by Gasteiger charge is 2.16. The first-order chi connectivity index (χ1) is 11.1. The van der Waals surface area contributed by atoms with E-state index in [4.69, 9.17) is 4.42 Å². The molecule has 2 aromatic carbocycles. The molecular formula is C15H10FN3O3S. The predicted octanol–water partition coefficient (Wildman–Crippen LogP) is 4.08. The summed E-state index contributed by atoms with van der Waals surface area (Å²) in [6.45, 7) is 0. The molecule has 0 unspecified atom stereocenters. The molecule has 3 aromatic rings. The van der Waals surface area contributed by atoms with Crippen molar-refractivity contribution >= 4 is 17.4 Å². The predicted molar refractivity (Wildman–Crippen MR) is 82.3 cm³/mol. The Hall–Kier alpha value is -2.74. The number of aromatic nitrogens is 2. The van der Waals surface area contributed by atoms with Crippen LogP contribution in [0.25, 0.3) is 11.5 Å². The number of nitrogens with zero attached hydrogens (tertiary/aromatic N) is 3. The molecule has 0 amide bonds. The summed E-state index contributed by atoms with van der Waals surface area (Å²) in [5.41, 5.74) is 0.805. The standard InChI is InChI=1S/C15H10FN3O3S/c16-12-7-3-2-6-11(12)14-17-18-15(22-14)23-9-10-5-1-4-8-13(10)19(20)21/h1-8H,9H2. The minimum atomic E-state index is -0.452. The van der Waals surface area contributed by atoms with Gasteiger partial charge in [-0.15, -0.1) is 10.2 Å². The van der Waals surface area contributed by atoms with Crippen molar-refractivity contribution in [3.05, 3.63) is 70.0 Å². The van der Waals surface area contributed by atoms with Crippen LogP contribution < -0.4 is 0 Å². The molecule has 1 aromatic heterocycles. The van der Waals surface area contributed by atoms with E-state index in [9.17, 15) is 14.5 Å². The monoisotopic (exact) mass is 331 g/mol. The molecule has 23 heavy (non-hydrogen) atoms. The number of nitro benzene ring substituents is 1. The fraction of sp³-hybridized carbons (Fsp3) is 0.0667. The molecule has 0 saturated carbocycles. The Bertz CT molecular complexity index is 853. The Labute approximate surface area is 134 Å². The van der Waals surface area contributed by atoms with Gasteiger partial charge in [0.15, 0.2) is 0 Å². The summed E-state index contributed by atoms with van der Waals surface area (Å²) in [5, 5.41) is 18.8.